The lowest BCUT2D eigenvalue weighted by molar-refractivity contribution is 0.112. The number of carbonyl (C=O) groups is 1. The highest BCUT2D eigenvalue weighted by Crippen LogP contribution is 2.12. The summed E-state index contributed by atoms with van der Waals surface area (Å²) in [5, 5.41) is 9.19. The average Bonchev–Trinajstić information content (AvgIpc) is 2.17. The van der Waals surface area contributed by atoms with Crippen LogP contribution >= 0.6 is 0 Å². The fraction of sp³-hybridized carbons (Fsp3) is 0.857. The molecule has 1 fully saturated rings. The predicted octanol–water partition coefficient (Wildman–Crippen LogP) is -0.956. The Kier molecular flexibility index (Phi) is 3.89. The van der Waals surface area contributed by atoms with Gasteiger partial charge in [0.15, 0.2) is 0 Å². The summed E-state index contributed by atoms with van der Waals surface area (Å²) in [5.41, 5.74) is 0. The Morgan fingerprint density at radius 3 is 2.47 bits per heavy atom. The largest absolute Gasteiger partial charge is 0.452 e. The number of aliphatic hydroxyl groups excluding tert-OH is 1. The molecule has 1 saturated heterocycles. The molecule has 7 nitrogen and oxygen atoms in total. The summed E-state index contributed by atoms with van der Waals surface area (Å²) in [6.07, 6.45) is -0.722. The van der Waals surface area contributed by atoms with Crippen molar-refractivity contribution in [1.29, 1.82) is 0 Å². The molecule has 1 rings (SSSR count). The number of methoxy groups -OCH3 is 1. The number of piperidine rings is 1. The third kappa shape index (κ3) is 3.33. The molecule has 0 spiro atoms. The Hall–Kier alpha value is -0.860. The second-order valence-electron chi connectivity index (χ2n) is 3.23. The first kappa shape index (κ1) is 12.2. The highest BCUT2D eigenvalue weighted by Gasteiger charge is 2.28. The number of amides is 1. The maximum atomic E-state index is 11.5. The molecule has 0 aromatic carbocycles. The van der Waals surface area contributed by atoms with E-state index in [4.69, 9.17) is 0 Å². The number of aliphatic hydroxyl groups is 1. The molecule has 0 bridgehead atoms. The van der Waals surface area contributed by atoms with E-state index in [1.807, 2.05) is 0 Å². The molecule has 0 unspecified atom stereocenters. The van der Waals surface area contributed by atoms with Gasteiger partial charge in [0.05, 0.1) is 13.2 Å². The number of hydrogen-bond acceptors (Lipinski definition) is 5. The van der Waals surface area contributed by atoms with Crippen molar-refractivity contribution in [2.24, 2.45) is 0 Å². The topological polar surface area (TPSA) is 95.9 Å². The monoisotopic (exact) mass is 238 g/mol. The molecule has 2 N–H and O–H groups in total. The van der Waals surface area contributed by atoms with Crippen LogP contribution < -0.4 is 4.72 Å². The number of ether oxygens (including phenoxy) is 1. The van der Waals surface area contributed by atoms with Crippen molar-refractivity contribution in [2.45, 2.75) is 18.9 Å². The third-order valence-electron chi connectivity index (χ3n) is 2.16. The summed E-state index contributed by atoms with van der Waals surface area (Å²) < 4.78 is 30.0. The van der Waals surface area contributed by atoms with Crippen LogP contribution in [0.15, 0.2) is 0 Å². The zero-order chi connectivity index (χ0) is 11.5. The van der Waals surface area contributed by atoms with Crippen molar-refractivity contribution in [3.8, 4) is 0 Å². The van der Waals surface area contributed by atoms with E-state index in [1.54, 1.807) is 4.72 Å². The summed E-state index contributed by atoms with van der Waals surface area (Å²) >= 11 is 0. The Labute approximate surface area is 88.2 Å². The summed E-state index contributed by atoms with van der Waals surface area (Å²) in [7, 11) is -2.73. The van der Waals surface area contributed by atoms with Crippen LogP contribution in [-0.2, 0) is 14.9 Å². The van der Waals surface area contributed by atoms with Crippen molar-refractivity contribution in [3.05, 3.63) is 0 Å². The average molecular weight is 238 g/mol. The lowest BCUT2D eigenvalue weighted by Crippen LogP contribution is -2.47. The number of nitrogens with one attached hydrogen (secondary N) is 1. The van der Waals surface area contributed by atoms with Crippen LogP contribution in [0, 0.1) is 0 Å². The minimum Gasteiger partial charge on any atom is -0.452 e. The normalized spacial score (nSPS) is 19.9. The summed E-state index contributed by atoms with van der Waals surface area (Å²) in [6.45, 7) is 0.404. The van der Waals surface area contributed by atoms with Gasteiger partial charge in [-0.25, -0.2) is 9.52 Å². The van der Waals surface area contributed by atoms with E-state index in [0.29, 0.717) is 12.8 Å². The molecule has 1 aliphatic rings. The van der Waals surface area contributed by atoms with Gasteiger partial charge in [-0.2, -0.15) is 12.7 Å². The van der Waals surface area contributed by atoms with Crippen molar-refractivity contribution in [1.82, 2.24) is 9.03 Å². The van der Waals surface area contributed by atoms with E-state index in [2.05, 4.69) is 4.74 Å². The molecule has 15 heavy (non-hydrogen) atoms. The molecule has 0 aliphatic carbocycles. The van der Waals surface area contributed by atoms with Gasteiger partial charge >= 0.3 is 16.3 Å². The smallest absolute Gasteiger partial charge is 0.421 e. The first-order valence-corrected chi connectivity index (χ1v) is 5.93. The van der Waals surface area contributed by atoms with Gasteiger partial charge in [0.2, 0.25) is 0 Å². The van der Waals surface area contributed by atoms with E-state index in [0.717, 1.165) is 11.4 Å². The van der Waals surface area contributed by atoms with E-state index >= 15 is 0 Å². The molecule has 0 atom stereocenters. The lowest BCUT2D eigenvalue weighted by Gasteiger charge is -2.28. The Morgan fingerprint density at radius 1 is 1.47 bits per heavy atom. The predicted molar refractivity (Wildman–Crippen MR) is 51.3 cm³/mol. The van der Waals surface area contributed by atoms with Gasteiger partial charge in [-0.05, 0) is 12.8 Å². The zero-order valence-corrected chi connectivity index (χ0v) is 9.16. The molecule has 0 aromatic rings. The Balaban J connectivity index is 2.58. The first-order chi connectivity index (χ1) is 6.95. The SMILES string of the molecule is COC(=O)NS(=O)(=O)N1CCC(O)CC1. The van der Waals surface area contributed by atoms with E-state index in [9.17, 15) is 18.3 Å². The van der Waals surface area contributed by atoms with Crippen LogP contribution in [0.3, 0.4) is 0 Å². The number of nitrogens with zero attached hydrogens (tertiary/aromatic N) is 1. The number of rotatable bonds is 2. The Morgan fingerprint density at radius 2 is 2.00 bits per heavy atom. The van der Waals surface area contributed by atoms with Crippen molar-refractivity contribution < 1.29 is 23.1 Å². The van der Waals surface area contributed by atoms with Crippen LogP contribution in [-0.4, -0.2) is 50.2 Å². The van der Waals surface area contributed by atoms with Gasteiger partial charge in [-0.15, -0.1) is 0 Å². The second kappa shape index (κ2) is 4.77. The van der Waals surface area contributed by atoms with Crippen LogP contribution in [0.1, 0.15) is 12.8 Å². The molecule has 8 heteroatoms. The third-order valence-corrected chi connectivity index (χ3v) is 3.63. The number of hydrogen-bond donors (Lipinski definition) is 2. The van der Waals surface area contributed by atoms with Gasteiger partial charge in [0, 0.05) is 13.1 Å². The molecule has 0 saturated carbocycles. The van der Waals surface area contributed by atoms with Crippen molar-refractivity contribution >= 4 is 16.3 Å². The van der Waals surface area contributed by atoms with Gasteiger partial charge < -0.3 is 9.84 Å². The highest BCUT2D eigenvalue weighted by atomic mass is 32.2. The fourth-order valence-electron chi connectivity index (χ4n) is 1.29. The van der Waals surface area contributed by atoms with Crippen LogP contribution in [0.4, 0.5) is 4.79 Å². The van der Waals surface area contributed by atoms with Crippen molar-refractivity contribution in [3.63, 3.8) is 0 Å². The summed E-state index contributed by atoms with van der Waals surface area (Å²) in [5.74, 6) is 0. The van der Waals surface area contributed by atoms with Gasteiger partial charge in [-0.3, -0.25) is 0 Å². The fourth-order valence-corrected chi connectivity index (χ4v) is 2.41. The number of carbonyl (C=O) groups excluding carboxylic acids is 1. The minimum absolute atomic E-state index is 0.202. The van der Waals surface area contributed by atoms with Crippen molar-refractivity contribution in [2.75, 3.05) is 20.2 Å². The molecular formula is C7H14N2O5S. The van der Waals surface area contributed by atoms with Crippen LogP contribution in [0.2, 0.25) is 0 Å². The standard InChI is InChI=1S/C7H14N2O5S/c1-14-7(11)8-15(12,13)9-4-2-6(10)3-5-9/h6,10H,2-5H2,1H3,(H,8,11). The second-order valence-corrected chi connectivity index (χ2v) is 4.90. The molecule has 1 amide bonds. The van der Waals surface area contributed by atoms with Crippen LogP contribution in [0.5, 0.6) is 0 Å². The van der Waals surface area contributed by atoms with E-state index in [1.165, 1.54) is 0 Å². The summed E-state index contributed by atoms with van der Waals surface area (Å²) in [6, 6.07) is 0. The highest BCUT2D eigenvalue weighted by molar-refractivity contribution is 7.87. The van der Waals surface area contributed by atoms with E-state index in [-0.39, 0.29) is 13.1 Å². The molecule has 0 radical (unpaired) electrons. The van der Waals surface area contributed by atoms with E-state index < -0.39 is 22.4 Å². The first-order valence-electron chi connectivity index (χ1n) is 4.49. The molecule has 88 valence electrons. The van der Waals surface area contributed by atoms with Gasteiger partial charge in [-0.1, -0.05) is 0 Å². The minimum atomic E-state index is -3.82. The zero-order valence-electron chi connectivity index (χ0n) is 8.34. The lowest BCUT2D eigenvalue weighted by atomic mass is 10.1. The Bertz CT molecular complexity index is 320. The van der Waals surface area contributed by atoms with Gasteiger partial charge in [0.25, 0.3) is 0 Å². The molecule has 1 aliphatic heterocycles. The quantitative estimate of drug-likeness (QED) is 0.646. The van der Waals surface area contributed by atoms with Gasteiger partial charge in [0.1, 0.15) is 0 Å². The maximum absolute atomic E-state index is 11.5. The molecular weight excluding hydrogens is 224 g/mol. The molecule has 1 heterocycles. The maximum Gasteiger partial charge on any atom is 0.421 e. The molecule has 0 aromatic heterocycles. The summed E-state index contributed by atoms with van der Waals surface area (Å²) in [4.78, 5) is 10.7. The van der Waals surface area contributed by atoms with Crippen LogP contribution in [0.25, 0.3) is 0 Å².